The highest BCUT2D eigenvalue weighted by atomic mass is 32.2. The molecule has 28 heavy (non-hydrogen) atoms. The molecule has 148 valence electrons. The number of hydrogen-bond acceptors (Lipinski definition) is 10. The smallest absolute Gasteiger partial charge is 0.290 e. The third-order valence-corrected chi connectivity index (χ3v) is 5.20. The van der Waals surface area contributed by atoms with Crippen molar-refractivity contribution in [2.45, 2.75) is 5.03 Å². The van der Waals surface area contributed by atoms with Gasteiger partial charge in [-0.15, -0.1) is 0 Å². The molecule has 0 saturated carbocycles. The normalized spacial score (nSPS) is 13.6. The van der Waals surface area contributed by atoms with Gasteiger partial charge in [0.2, 0.25) is 12.3 Å². The summed E-state index contributed by atoms with van der Waals surface area (Å²) in [4.78, 5) is 24.6. The van der Waals surface area contributed by atoms with Crippen LogP contribution in [-0.4, -0.2) is 58.1 Å². The van der Waals surface area contributed by atoms with E-state index in [1.807, 2.05) is 0 Å². The molecular formula is C16H16N4O7S. The van der Waals surface area contributed by atoms with Gasteiger partial charge in [-0.3, -0.25) is 4.79 Å². The number of nitrogens with zero attached hydrogens (tertiary/aromatic N) is 4. The SMILES string of the molecule is COc1cc(OC)nc(N(C=O)S(=O)(=O)c2ncccc2C2=NOCCO2)c1. The Morgan fingerprint density at radius 1 is 1.21 bits per heavy atom. The van der Waals surface area contributed by atoms with E-state index in [1.165, 1.54) is 44.7 Å². The lowest BCUT2D eigenvalue weighted by molar-refractivity contribution is -0.106. The summed E-state index contributed by atoms with van der Waals surface area (Å²) in [5, 5.41) is 3.26. The van der Waals surface area contributed by atoms with E-state index >= 15 is 0 Å². The van der Waals surface area contributed by atoms with Gasteiger partial charge in [-0.1, -0.05) is 0 Å². The number of methoxy groups -OCH3 is 2. The van der Waals surface area contributed by atoms with Crippen LogP contribution in [0.2, 0.25) is 0 Å². The summed E-state index contributed by atoms with van der Waals surface area (Å²) < 4.78 is 42.3. The molecule has 0 aliphatic carbocycles. The monoisotopic (exact) mass is 408 g/mol. The number of carbonyl (C=O) groups is 1. The van der Waals surface area contributed by atoms with E-state index in [-0.39, 0.29) is 48.5 Å². The standard InChI is InChI=1S/C16H16N4O7S/c1-24-11-8-13(18-14(9-11)25-2)20(10-21)28(22,23)16-12(4-3-5-17-16)15-19-27-7-6-26-15/h3-5,8-10H,6-7H2,1-2H3. The van der Waals surface area contributed by atoms with Gasteiger partial charge < -0.3 is 19.0 Å². The highest BCUT2D eigenvalue weighted by Crippen LogP contribution is 2.28. The second kappa shape index (κ2) is 8.08. The third-order valence-electron chi connectivity index (χ3n) is 3.59. The number of pyridine rings is 2. The fourth-order valence-electron chi connectivity index (χ4n) is 2.32. The maximum absolute atomic E-state index is 13.2. The number of ether oxygens (including phenoxy) is 3. The number of hydrogen-bond donors (Lipinski definition) is 0. The topological polar surface area (TPSA) is 130 Å². The number of rotatable bonds is 7. The summed E-state index contributed by atoms with van der Waals surface area (Å²) in [6, 6.07) is 5.66. The highest BCUT2D eigenvalue weighted by Gasteiger charge is 2.33. The Morgan fingerprint density at radius 3 is 2.68 bits per heavy atom. The molecule has 1 aliphatic heterocycles. The van der Waals surface area contributed by atoms with E-state index in [1.54, 1.807) is 0 Å². The number of sulfonamides is 1. The zero-order chi connectivity index (χ0) is 20.1. The molecule has 2 aromatic rings. The lowest BCUT2D eigenvalue weighted by Gasteiger charge is -2.20. The molecule has 3 rings (SSSR count). The summed E-state index contributed by atoms with van der Waals surface area (Å²) in [6.45, 7) is 0.430. The molecule has 0 atom stereocenters. The molecule has 0 aromatic carbocycles. The van der Waals surface area contributed by atoms with Crippen LogP contribution >= 0.6 is 0 Å². The lowest BCUT2D eigenvalue weighted by Crippen LogP contribution is -2.33. The van der Waals surface area contributed by atoms with Crippen molar-refractivity contribution in [1.29, 1.82) is 0 Å². The van der Waals surface area contributed by atoms with Crippen molar-refractivity contribution < 1.29 is 32.3 Å². The molecule has 0 spiro atoms. The first-order chi connectivity index (χ1) is 13.5. The molecular weight excluding hydrogens is 392 g/mol. The molecule has 11 nitrogen and oxygen atoms in total. The summed E-state index contributed by atoms with van der Waals surface area (Å²) in [5.74, 6) is 0.0232. The van der Waals surface area contributed by atoms with Crippen molar-refractivity contribution in [3.63, 3.8) is 0 Å². The molecule has 1 amide bonds. The van der Waals surface area contributed by atoms with Gasteiger partial charge in [-0.25, -0.2) is 4.98 Å². The van der Waals surface area contributed by atoms with Gasteiger partial charge in [0.1, 0.15) is 12.4 Å². The van der Waals surface area contributed by atoms with Crippen molar-refractivity contribution in [2.75, 3.05) is 31.7 Å². The third kappa shape index (κ3) is 3.67. The Labute approximate surface area is 160 Å². The largest absolute Gasteiger partial charge is 0.496 e. The molecule has 0 saturated heterocycles. The first-order valence-corrected chi connectivity index (χ1v) is 9.33. The van der Waals surface area contributed by atoms with Crippen LogP contribution in [0.1, 0.15) is 5.56 Å². The fourth-order valence-corrected chi connectivity index (χ4v) is 3.59. The van der Waals surface area contributed by atoms with Crippen LogP contribution < -0.4 is 13.8 Å². The predicted molar refractivity (Wildman–Crippen MR) is 95.7 cm³/mol. The van der Waals surface area contributed by atoms with Crippen molar-refractivity contribution in [2.24, 2.45) is 5.16 Å². The Kier molecular flexibility index (Phi) is 5.59. The summed E-state index contributed by atoms with van der Waals surface area (Å²) in [6.07, 6.45) is 1.37. The number of anilines is 1. The van der Waals surface area contributed by atoms with Gasteiger partial charge in [0, 0.05) is 18.3 Å². The highest BCUT2D eigenvalue weighted by molar-refractivity contribution is 7.93. The van der Waals surface area contributed by atoms with Crippen LogP contribution in [0.25, 0.3) is 0 Å². The number of oxime groups is 1. The minimum atomic E-state index is -4.47. The predicted octanol–water partition coefficient (Wildman–Crippen LogP) is 0.554. The molecule has 2 aromatic heterocycles. The van der Waals surface area contributed by atoms with Gasteiger partial charge in [-0.2, -0.15) is 17.7 Å². The second-order valence-corrected chi connectivity index (χ2v) is 6.98. The number of aromatic nitrogens is 2. The molecule has 0 bridgehead atoms. The minimum Gasteiger partial charge on any atom is -0.496 e. The van der Waals surface area contributed by atoms with Crippen LogP contribution in [0.5, 0.6) is 11.6 Å². The first kappa shape index (κ1) is 19.4. The van der Waals surface area contributed by atoms with E-state index in [9.17, 15) is 13.2 Å². The Bertz CT molecular complexity index is 988. The Balaban J connectivity index is 2.12. The van der Waals surface area contributed by atoms with Gasteiger partial charge in [0.25, 0.3) is 15.9 Å². The van der Waals surface area contributed by atoms with Crippen molar-refractivity contribution >= 4 is 28.1 Å². The van der Waals surface area contributed by atoms with Crippen LogP contribution in [0.15, 0.2) is 40.6 Å². The Morgan fingerprint density at radius 2 is 2.04 bits per heavy atom. The molecule has 12 heteroatoms. The average Bonchev–Trinajstić information content (AvgIpc) is 2.74. The lowest BCUT2D eigenvalue weighted by atomic mass is 10.3. The van der Waals surface area contributed by atoms with Gasteiger partial charge in [0.15, 0.2) is 17.5 Å². The summed E-state index contributed by atoms with van der Waals surface area (Å²) in [5.41, 5.74) is 0.0453. The molecule has 1 aliphatic rings. The van der Waals surface area contributed by atoms with Crippen LogP contribution in [0.4, 0.5) is 5.82 Å². The van der Waals surface area contributed by atoms with Crippen molar-refractivity contribution in [1.82, 2.24) is 9.97 Å². The summed E-state index contributed by atoms with van der Waals surface area (Å²) >= 11 is 0. The van der Waals surface area contributed by atoms with Gasteiger partial charge in [0.05, 0.1) is 19.8 Å². The van der Waals surface area contributed by atoms with Gasteiger partial charge >= 0.3 is 0 Å². The van der Waals surface area contributed by atoms with Crippen molar-refractivity contribution in [3.05, 3.63) is 36.0 Å². The number of amides is 1. The summed E-state index contributed by atoms with van der Waals surface area (Å²) in [7, 11) is -1.74. The quantitative estimate of drug-likeness (QED) is 0.603. The van der Waals surface area contributed by atoms with Crippen LogP contribution in [0, 0.1) is 0 Å². The van der Waals surface area contributed by atoms with Crippen molar-refractivity contribution in [3.8, 4) is 11.6 Å². The molecule has 0 fully saturated rings. The van der Waals surface area contributed by atoms with E-state index < -0.39 is 15.0 Å². The first-order valence-electron chi connectivity index (χ1n) is 7.89. The minimum absolute atomic E-state index is 0.0453. The molecule has 3 heterocycles. The van der Waals surface area contributed by atoms with Gasteiger partial charge in [-0.05, 0) is 17.3 Å². The maximum atomic E-state index is 13.2. The van der Waals surface area contributed by atoms with E-state index in [4.69, 9.17) is 19.0 Å². The Hall–Kier alpha value is -3.41. The zero-order valence-electron chi connectivity index (χ0n) is 14.9. The fraction of sp³-hybridized carbons (Fsp3) is 0.250. The van der Waals surface area contributed by atoms with Crippen LogP contribution in [0.3, 0.4) is 0 Å². The molecule has 0 unspecified atom stereocenters. The maximum Gasteiger partial charge on any atom is 0.290 e. The molecule has 0 radical (unpaired) electrons. The zero-order valence-corrected chi connectivity index (χ0v) is 15.7. The molecule has 0 N–H and O–H groups in total. The second-order valence-electron chi connectivity index (χ2n) is 5.25. The number of carbonyl (C=O) groups excluding carboxylic acids is 1. The van der Waals surface area contributed by atoms with E-state index in [2.05, 4.69) is 15.1 Å². The van der Waals surface area contributed by atoms with E-state index in [0.717, 1.165) is 0 Å². The average molecular weight is 408 g/mol. The van der Waals surface area contributed by atoms with E-state index in [0.29, 0.717) is 4.31 Å². The van der Waals surface area contributed by atoms with Crippen LogP contribution in [-0.2, 0) is 24.4 Å².